The van der Waals surface area contributed by atoms with Crippen molar-refractivity contribution in [2.45, 2.75) is 212 Å². The summed E-state index contributed by atoms with van der Waals surface area (Å²) in [6.07, 6.45) is 41.9. The Morgan fingerprint density at radius 3 is 1.57 bits per heavy atom. The van der Waals surface area contributed by atoms with Gasteiger partial charge in [-0.3, -0.25) is 13.8 Å². The van der Waals surface area contributed by atoms with Crippen LogP contribution in [0, 0.1) is 0 Å². The van der Waals surface area contributed by atoms with E-state index < -0.39 is 20.0 Å². The Balaban J connectivity index is 4.40. The second kappa shape index (κ2) is 36.6. The van der Waals surface area contributed by atoms with Crippen LogP contribution in [-0.2, 0) is 18.4 Å². The largest absolute Gasteiger partial charge is 0.472 e. The molecule has 0 rings (SSSR count). The predicted octanol–water partition coefficient (Wildman–Crippen LogP) is 12.1. The van der Waals surface area contributed by atoms with Gasteiger partial charge in [0.15, 0.2) is 0 Å². The van der Waals surface area contributed by atoms with Gasteiger partial charge in [-0.15, -0.1) is 0 Å². The molecule has 0 heterocycles. The number of amides is 1. The Bertz CT molecular complexity index is 922. The number of likely N-dealkylation sites (N-methyl/N-ethyl adjacent to an activating group) is 1. The van der Waals surface area contributed by atoms with Crippen LogP contribution in [0.25, 0.3) is 0 Å². The second-order valence-corrected chi connectivity index (χ2v) is 17.9. The molecule has 0 saturated carbocycles. The first-order valence-corrected chi connectivity index (χ1v) is 23.7. The first-order chi connectivity index (χ1) is 25.5. The maximum absolute atomic E-state index is 12.9. The number of hydrogen-bond donors (Lipinski definition) is 3. The number of quaternary nitrogens is 1. The molecule has 53 heavy (non-hydrogen) atoms. The standard InChI is InChI=1S/C44H87N2O6P/c1-6-8-10-12-14-16-18-20-22-24-26-28-30-32-34-36-38-44(48)45-42(41-52-53(49,50)51-40-39-46(3,4)5)43(47)37-35-33-31-29-27-25-23-21-19-17-15-13-11-9-7-2/h16,18,22,24,42-43,47H,6-15,17,19-21,23,25-41H2,1-5H3,(H-,45,48,49,50)/p+1/b18-16-,24-22-. The molecule has 3 N–H and O–H groups in total. The number of nitrogens with zero attached hydrogens (tertiary/aromatic N) is 1. The summed E-state index contributed by atoms with van der Waals surface area (Å²) in [6.45, 7) is 4.86. The quantitative estimate of drug-likeness (QED) is 0.0248. The third-order valence-electron chi connectivity index (χ3n) is 9.95. The Morgan fingerprint density at radius 2 is 1.08 bits per heavy atom. The van der Waals surface area contributed by atoms with E-state index in [0.717, 1.165) is 64.2 Å². The van der Waals surface area contributed by atoms with E-state index in [2.05, 4.69) is 43.5 Å². The molecule has 0 aromatic carbocycles. The molecule has 0 aliphatic carbocycles. The highest BCUT2D eigenvalue weighted by Gasteiger charge is 2.28. The number of hydrogen-bond acceptors (Lipinski definition) is 5. The fraction of sp³-hybridized carbons (Fsp3) is 0.886. The second-order valence-electron chi connectivity index (χ2n) is 16.4. The monoisotopic (exact) mass is 772 g/mol. The molecule has 3 unspecified atom stereocenters. The van der Waals surface area contributed by atoms with Gasteiger partial charge >= 0.3 is 7.82 Å². The zero-order valence-electron chi connectivity index (χ0n) is 35.5. The van der Waals surface area contributed by atoms with Crippen molar-refractivity contribution < 1.29 is 32.9 Å². The van der Waals surface area contributed by atoms with Gasteiger partial charge in [-0.1, -0.05) is 173 Å². The van der Waals surface area contributed by atoms with Crippen LogP contribution >= 0.6 is 7.82 Å². The third kappa shape index (κ3) is 39.0. The number of rotatable bonds is 40. The Morgan fingerprint density at radius 1 is 0.642 bits per heavy atom. The summed E-state index contributed by atoms with van der Waals surface area (Å²) in [4.78, 5) is 23.1. The number of nitrogens with one attached hydrogen (secondary N) is 1. The van der Waals surface area contributed by atoms with Crippen molar-refractivity contribution in [1.29, 1.82) is 0 Å². The molecule has 0 aromatic rings. The summed E-state index contributed by atoms with van der Waals surface area (Å²) in [5.74, 6) is -0.158. The van der Waals surface area contributed by atoms with E-state index in [-0.39, 0.29) is 19.1 Å². The van der Waals surface area contributed by atoms with Gasteiger partial charge in [0.1, 0.15) is 13.2 Å². The average Bonchev–Trinajstić information content (AvgIpc) is 3.10. The number of phosphoric ester groups is 1. The molecular weight excluding hydrogens is 683 g/mol. The van der Waals surface area contributed by atoms with E-state index in [1.807, 2.05) is 21.1 Å². The summed E-state index contributed by atoms with van der Waals surface area (Å²) < 4.78 is 23.6. The van der Waals surface area contributed by atoms with E-state index in [1.54, 1.807) is 0 Å². The Labute approximate surface area is 328 Å². The van der Waals surface area contributed by atoms with E-state index >= 15 is 0 Å². The van der Waals surface area contributed by atoms with Crippen LogP contribution in [0.5, 0.6) is 0 Å². The van der Waals surface area contributed by atoms with Gasteiger partial charge in [0, 0.05) is 6.42 Å². The molecule has 314 valence electrons. The highest BCUT2D eigenvalue weighted by atomic mass is 31.2. The van der Waals surface area contributed by atoms with Crippen molar-refractivity contribution in [1.82, 2.24) is 5.32 Å². The smallest absolute Gasteiger partial charge is 0.391 e. The van der Waals surface area contributed by atoms with Crippen LogP contribution < -0.4 is 5.32 Å². The molecule has 0 aromatic heterocycles. The number of aliphatic hydroxyl groups excluding tert-OH is 1. The van der Waals surface area contributed by atoms with Gasteiger partial charge in [-0.2, -0.15) is 0 Å². The average molecular weight is 772 g/mol. The van der Waals surface area contributed by atoms with Crippen LogP contribution in [0.4, 0.5) is 0 Å². The summed E-state index contributed by atoms with van der Waals surface area (Å²) in [6, 6.07) is -0.765. The van der Waals surface area contributed by atoms with Gasteiger partial charge in [-0.25, -0.2) is 4.57 Å². The minimum Gasteiger partial charge on any atom is -0.391 e. The summed E-state index contributed by atoms with van der Waals surface area (Å²) in [7, 11) is 1.61. The molecule has 8 nitrogen and oxygen atoms in total. The maximum Gasteiger partial charge on any atom is 0.472 e. The number of unbranched alkanes of at least 4 members (excludes halogenated alkanes) is 23. The van der Waals surface area contributed by atoms with E-state index in [9.17, 15) is 19.4 Å². The zero-order valence-corrected chi connectivity index (χ0v) is 36.4. The van der Waals surface area contributed by atoms with Gasteiger partial charge < -0.3 is 19.8 Å². The van der Waals surface area contributed by atoms with Crippen LogP contribution in [0.1, 0.15) is 200 Å². The third-order valence-corrected chi connectivity index (χ3v) is 10.9. The summed E-state index contributed by atoms with van der Waals surface area (Å²) >= 11 is 0. The molecule has 0 bridgehead atoms. The molecular formula is C44H88N2O6P+. The van der Waals surface area contributed by atoms with Gasteiger partial charge in [0.05, 0.1) is 39.9 Å². The first kappa shape index (κ1) is 52.0. The van der Waals surface area contributed by atoms with Gasteiger partial charge in [-0.05, 0) is 44.9 Å². The summed E-state index contributed by atoms with van der Waals surface area (Å²) in [5, 5.41) is 13.9. The topological polar surface area (TPSA) is 105 Å². The molecule has 0 aliphatic heterocycles. The Hall–Kier alpha value is -1.02. The van der Waals surface area contributed by atoms with Gasteiger partial charge in [0.2, 0.25) is 5.91 Å². The fourth-order valence-corrected chi connectivity index (χ4v) is 7.11. The van der Waals surface area contributed by atoms with Crippen molar-refractivity contribution in [3.63, 3.8) is 0 Å². The highest BCUT2D eigenvalue weighted by molar-refractivity contribution is 7.47. The highest BCUT2D eigenvalue weighted by Crippen LogP contribution is 2.43. The van der Waals surface area contributed by atoms with E-state index in [0.29, 0.717) is 23.9 Å². The van der Waals surface area contributed by atoms with Crippen molar-refractivity contribution >= 4 is 13.7 Å². The first-order valence-electron chi connectivity index (χ1n) is 22.2. The Kier molecular flexibility index (Phi) is 35.9. The lowest BCUT2D eigenvalue weighted by Crippen LogP contribution is -2.46. The van der Waals surface area contributed by atoms with Crippen LogP contribution in [0.15, 0.2) is 24.3 Å². The van der Waals surface area contributed by atoms with Crippen LogP contribution in [-0.4, -0.2) is 73.4 Å². The molecule has 0 fully saturated rings. The molecule has 0 saturated heterocycles. The zero-order chi connectivity index (χ0) is 39.3. The lowest BCUT2D eigenvalue weighted by Gasteiger charge is -2.26. The molecule has 1 amide bonds. The van der Waals surface area contributed by atoms with Crippen molar-refractivity contribution in [2.75, 3.05) is 40.9 Å². The maximum atomic E-state index is 12.9. The van der Waals surface area contributed by atoms with Gasteiger partial charge in [0.25, 0.3) is 0 Å². The van der Waals surface area contributed by atoms with Crippen LogP contribution in [0.2, 0.25) is 0 Å². The van der Waals surface area contributed by atoms with Crippen molar-refractivity contribution in [3.8, 4) is 0 Å². The predicted molar refractivity (Wildman–Crippen MR) is 226 cm³/mol. The van der Waals surface area contributed by atoms with E-state index in [4.69, 9.17) is 9.05 Å². The number of allylic oxidation sites excluding steroid dienone is 4. The molecule has 0 aliphatic rings. The number of carbonyl (C=O) groups excluding carboxylic acids is 1. The number of aliphatic hydroxyl groups is 1. The lowest BCUT2D eigenvalue weighted by atomic mass is 10.0. The minimum absolute atomic E-state index is 0.0723. The lowest BCUT2D eigenvalue weighted by molar-refractivity contribution is -0.870. The fourth-order valence-electron chi connectivity index (χ4n) is 6.37. The summed E-state index contributed by atoms with van der Waals surface area (Å²) in [5.41, 5.74) is 0. The number of carbonyl (C=O) groups is 1. The van der Waals surface area contributed by atoms with E-state index in [1.165, 1.54) is 109 Å². The number of phosphoric acid groups is 1. The van der Waals surface area contributed by atoms with Crippen molar-refractivity contribution in [2.24, 2.45) is 0 Å². The minimum atomic E-state index is -4.31. The molecule has 3 atom stereocenters. The molecule has 9 heteroatoms. The SMILES string of the molecule is CCCCCC/C=C\C/C=C\CCCCCCCC(=O)NC(COP(=O)(O)OCC[N+](C)(C)C)C(O)CCCCCCCCCCCCCCCCC. The van der Waals surface area contributed by atoms with Crippen LogP contribution in [0.3, 0.4) is 0 Å². The molecule has 0 radical (unpaired) electrons. The van der Waals surface area contributed by atoms with Crippen molar-refractivity contribution in [3.05, 3.63) is 24.3 Å². The normalized spacial score (nSPS) is 14.6. The molecule has 0 spiro atoms.